The summed E-state index contributed by atoms with van der Waals surface area (Å²) in [6.07, 6.45) is 1.82. The van der Waals surface area contributed by atoms with Gasteiger partial charge in [-0.3, -0.25) is 14.6 Å². The molecule has 0 aromatic carbocycles. The first-order valence-corrected chi connectivity index (χ1v) is 6.76. The monoisotopic (exact) mass is 311 g/mol. The molecular formula is C12H14BrN3O2. The van der Waals surface area contributed by atoms with Crippen molar-refractivity contribution in [1.82, 2.24) is 9.99 Å². The van der Waals surface area contributed by atoms with Crippen LogP contribution in [0.15, 0.2) is 15.3 Å². The van der Waals surface area contributed by atoms with Gasteiger partial charge in [0.25, 0.3) is 11.5 Å². The maximum Gasteiger partial charge on any atom is 0.284 e. The minimum atomic E-state index is -0.443. The van der Waals surface area contributed by atoms with E-state index in [4.69, 9.17) is 0 Å². The number of carbonyl (C=O) groups is 1. The van der Waals surface area contributed by atoms with E-state index in [1.54, 1.807) is 6.07 Å². The summed E-state index contributed by atoms with van der Waals surface area (Å²) < 4.78 is 2.03. The van der Waals surface area contributed by atoms with Gasteiger partial charge in [-0.25, -0.2) is 4.68 Å². The van der Waals surface area contributed by atoms with Crippen LogP contribution in [-0.4, -0.2) is 22.8 Å². The van der Waals surface area contributed by atoms with Crippen molar-refractivity contribution in [3.63, 3.8) is 0 Å². The number of fused-ring (bicyclic) bond motifs is 3. The number of aromatic nitrogens is 1. The first kappa shape index (κ1) is 11.8. The van der Waals surface area contributed by atoms with Gasteiger partial charge in [0, 0.05) is 6.54 Å². The van der Waals surface area contributed by atoms with Gasteiger partial charge >= 0.3 is 0 Å². The maximum absolute atomic E-state index is 12.3. The second-order valence-corrected chi connectivity index (χ2v) is 5.95. The van der Waals surface area contributed by atoms with E-state index in [0.717, 1.165) is 24.9 Å². The third-order valence-corrected chi connectivity index (χ3v) is 4.34. The number of pyridine rings is 1. The third kappa shape index (κ3) is 1.38. The molecule has 1 aromatic heterocycles. The highest BCUT2D eigenvalue weighted by atomic mass is 79.9. The van der Waals surface area contributed by atoms with E-state index in [1.165, 1.54) is 4.68 Å². The molecule has 96 valence electrons. The van der Waals surface area contributed by atoms with Gasteiger partial charge < -0.3 is 5.32 Å². The van der Waals surface area contributed by atoms with Gasteiger partial charge in [0.1, 0.15) is 11.4 Å². The Labute approximate surface area is 113 Å². The second-order valence-electron chi connectivity index (χ2n) is 5.10. The molecule has 1 aromatic rings. The molecule has 1 unspecified atom stereocenters. The van der Waals surface area contributed by atoms with Crippen molar-refractivity contribution < 1.29 is 4.79 Å². The third-order valence-electron chi connectivity index (χ3n) is 3.77. The Morgan fingerprint density at radius 2 is 2.17 bits per heavy atom. The molecule has 2 aliphatic rings. The van der Waals surface area contributed by atoms with Crippen LogP contribution in [0.4, 0.5) is 0 Å². The average Bonchev–Trinajstić information content (AvgIpc) is 2.65. The van der Waals surface area contributed by atoms with E-state index < -0.39 is 5.66 Å². The minimum absolute atomic E-state index is 0.168. The molecule has 0 saturated carbocycles. The Morgan fingerprint density at radius 1 is 1.44 bits per heavy atom. The van der Waals surface area contributed by atoms with Crippen LogP contribution in [0.2, 0.25) is 0 Å². The standard InChI is InChI=1S/C12H14BrN3O2/c1-7-6-8(13)11(18)16-9(7)10(17)14-12(2)4-3-5-15(12)16/h6H,3-5H2,1-2H3,(H,14,17). The molecule has 1 saturated heterocycles. The molecular weight excluding hydrogens is 298 g/mol. The highest BCUT2D eigenvalue weighted by molar-refractivity contribution is 9.10. The fraction of sp³-hybridized carbons (Fsp3) is 0.500. The van der Waals surface area contributed by atoms with E-state index >= 15 is 0 Å². The summed E-state index contributed by atoms with van der Waals surface area (Å²) in [4.78, 5) is 24.5. The second kappa shape index (κ2) is 3.60. The molecule has 0 spiro atoms. The number of carbonyl (C=O) groups excluding carboxylic acids is 1. The Bertz CT molecular complexity index is 610. The van der Waals surface area contributed by atoms with Crippen LogP contribution in [-0.2, 0) is 0 Å². The first-order chi connectivity index (χ1) is 8.44. The van der Waals surface area contributed by atoms with Gasteiger partial charge in [0.05, 0.1) is 4.47 Å². The lowest BCUT2D eigenvalue weighted by atomic mass is 10.1. The lowest BCUT2D eigenvalue weighted by Gasteiger charge is -2.43. The zero-order valence-corrected chi connectivity index (χ0v) is 11.9. The molecule has 1 fully saturated rings. The van der Waals surface area contributed by atoms with Crippen molar-refractivity contribution in [1.29, 1.82) is 0 Å². The molecule has 0 aliphatic carbocycles. The van der Waals surface area contributed by atoms with E-state index in [1.807, 2.05) is 18.9 Å². The van der Waals surface area contributed by atoms with Crippen LogP contribution >= 0.6 is 15.9 Å². The van der Waals surface area contributed by atoms with Crippen molar-refractivity contribution in [2.24, 2.45) is 0 Å². The molecule has 1 atom stereocenters. The van der Waals surface area contributed by atoms with Gasteiger partial charge in [-0.2, -0.15) is 0 Å². The lowest BCUT2D eigenvalue weighted by Crippen LogP contribution is -2.67. The van der Waals surface area contributed by atoms with Gasteiger partial charge in [0.15, 0.2) is 0 Å². The minimum Gasteiger partial charge on any atom is -0.327 e. The summed E-state index contributed by atoms with van der Waals surface area (Å²) in [6.45, 7) is 4.58. The highest BCUT2D eigenvalue weighted by Crippen LogP contribution is 2.29. The maximum atomic E-state index is 12.3. The van der Waals surface area contributed by atoms with Crippen LogP contribution in [0.1, 0.15) is 35.8 Å². The first-order valence-electron chi connectivity index (χ1n) is 5.97. The summed E-state index contributed by atoms with van der Waals surface area (Å²) in [5, 5.41) is 4.97. The molecule has 0 bridgehead atoms. The quantitative estimate of drug-likeness (QED) is 0.781. The normalized spacial score (nSPS) is 25.7. The number of nitrogens with one attached hydrogen (secondary N) is 1. The largest absolute Gasteiger partial charge is 0.327 e. The predicted molar refractivity (Wildman–Crippen MR) is 71.3 cm³/mol. The van der Waals surface area contributed by atoms with Crippen molar-refractivity contribution >= 4 is 21.8 Å². The van der Waals surface area contributed by atoms with E-state index in [0.29, 0.717) is 10.2 Å². The zero-order valence-electron chi connectivity index (χ0n) is 10.3. The summed E-state index contributed by atoms with van der Waals surface area (Å²) in [7, 11) is 0. The number of hydrogen-bond acceptors (Lipinski definition) is 3. The van der Waals surface area contributed by atoms with Crippen LogP contribution < -0.4 is 15.9 Å². The van der Waals surface area contributed by atoms with Crippen molar-refractivity contribution in [2.75, 3.05) is 11.6 Å². The molecule has 5 nitrogen and oxygen atoms in total. The Balaban J connectivity index is 2.35. The van der Waals surface area contributed by atoms with Crippen molar-refractivity contribution in [2.45, 2.75) is 32.4 Å². The molecule has 18 heavy (non-hydrogen) atoms. The SMILES string of the molecule is Cc1cc(Br)c(=O)n2c1C(=O)NC1(C)CCCN21. The molecule has 0 radical (unpaired) electrons. The van der Waals surface area contributed by atoms with Gasteiger partial charge in [-0.15, -0.1) is 0 Å². The fourth-order valence-corrected chi connectivity index (χ4v) is 3.41. The van der Waals surface area contributed by atoms with Crippen LogP contribution in [0.3, 0.4) is 0 Å². The summed E-state index contributed by atoms with van der Waals surface area (Å²) >= 11 is 3.27. The van der Waals surface area contributed by atoms with Gasteiger partial charge in [0.2, 0.25) is 0 Å². The zero-order chi connectivity index (χ0) is 13.1. The number of rotatable bonds is 0. The summed E-state index contributed by atoms with van der Waals surface area (Å²) in [5.41, 5.74) is 0.635. The average molecular weight is 312 g/mol. The number of hydrogen-bond donors (Lipinski definition) is 1. The molecule has 3 rings (SSSR count). The van der Waals surface area contributed by atoms with E-state index in [2.05, 4.69) is 21.2 Å². The molecule has 1 amide bonds. The van der Waals surface area contributed by atoms with Gasteiger partial charge in [-0.05, 0) is 54.2 Å². The van der Waals surface area contributed by atoms with Crippen molar-refractivity contribution in [3.05, 3.63) is 32.2 Å². The Morgan fingerprint density at radius 3 is 2.89 bits per heavy atom. The summed E-state index contributed by atoms with van der Waals surface area (Å²) in [6, 6.07) is 1.70. The van der Waals surface area contributed by atoms with Crippen LogP contribution in [0, 0.1) is 6.92 Å². The van der Waals surface area contributed by atoms with E-state index in [-0.39, 0.29) is 11.5 Å². The number of nitrogens with zero attached hydrogens (tertiary/aromatic N) is 2. The van der Waals surface area contributed by atoms with Crippen LogP contribution in [0.5, 0.6) is 0 Å². The van der Waals surface area contributed by atoms with Gasteiger partial charge in [-0.1, -0.05) is 0 Å². The summed E-state index contributed by atoms with van der Waals surface area (Å²) in [5.74, 6) is -0.169. The van der Waals surface area contributed by atoms with Crippen LogP contribution in [0.25, 0.3) is 0 Å². The molecule has 2 aliphatic heterocycles. The molecule has 6 heteroatoms. The molecule has 1 N–H and O–H groups in total. The molecule has 3 heterocycles. The smallest absolute Gasteiger partial charge is 0.284 e. The van der Waals surface area contributed by atoms with Crippen molar-refractivity contribution in [3.8, 4) is 0 Å². The number of amides is 1. The Hall–Kier alpha value is -1.30. The highest BCUT2D eigenvalue weighted by Gasteiger charge is 2.44. The number of aryl methyl sites for hydroxylation is 1. The predicted octanol–water partition coefficient (Wildman–Crippen LogP) is 1.11. The topological polar surface area (TPSA) is 54.3 Å². The fourth-order valence-electron chi connectivity index (χ4n) is 2.90. The lowest BCUT2D eigenvalue weighted by molar-refractivity contribution is 0.0849. The van der Waals surface area contributed by atoms with E-state index in [9.17, 15) is 9.59 Å². The Kier molecular flexibility index (Phi) is 2.35. The number of halogens is 1.